The molecule has 2 rings (SSSR count). The molecule has 0 atom stereocenters. The van der Waals surface area contributed by atoms with Crippen LogP contribution in [0.3, 0.4) is 0 Å². The van der Waals surface area contributed by atoms with Gasteiger partial charge >= 0.3 is 6.61 Å². The second kappa shape index (κ2) is 5.26. The van der Waals surface area contributed by atoms with Crippen LogP contribution in [0.15, 0.2) is 36.5 Å². The Balaban J connectivity index is 2.23. The predicted octanol–water partition coefficient (Wildman–Crippen LogP) is 2.40. The third-order valence-electron chi connectivity index (χ3n) is 2.03. The molecule has 1 aromatic carbocycles. The number of nitrogens with two attached hydrogens (primary N) is 1. The number of nitrogen functional groups attached to an aromatic ring is 1. The number of hydrogen-bond donors (Lipinski definition) is 2. The van der Waals surface area contributed by atoms with Crippen molar-refractivity contribution < 1.29 is 13.5 Å². The first kappa shape index (κ1) is 12.0. The van der Waals surface area contributed by atoms with Gasteiger partial charge in [-0.05, 0) is 18.2 Å². The monoisotopic (exact) mass is 252 g/mol. The van der Waals surface area contributed by atoms with Crippen LogP contribution in [0.2, 0.25) is 0 Å². The van der Waals surface area contributed by atoms with Gasteiger partial charge in [0.25, 0.3) is 0 Å². The van der Waals surface area contributed by atoms with E-state index in [4.69, 9.17) is 5.73 Å². The fourth-order valence-corrected chi connectivity index (χ4v) is 1.32. The molecule has 0 radical (unpaired) electrons. The number of aromatic nitrogens is 2. The van der Waals surface area contributed by atoms with E-state index in [0.717, 1.165) is 0 Å². The Morgan fingerprint density at radius 2 is 2.00 bits per heavy atom. The fraction of sp³-hybridized carbons (Fsp3) is 0.0909. The third-order valence-corrected chi connectivity index (χ3v) is 2.03. The number of hydrogen-bond acceptors (Lipinski definition) is 5. The van der Waals surface area contributed by atoms with Gasteiger partial charge in [-0.2, -0.15) is 13.8 Å². The molecule has 94 valence electrons. The van der Waals surface area contributed by atoms with Gasteiger partial charge in [0.05, 0.1) is 5.69 Å². The Hall–Kier alpha value is -2.44. The summed E-state index contributed by atoms with van der Waals surface area (Å²) in [6, 6.07) is 7.77. The van der Waals surface area contributed by atoms with E-state index in [1.807, 2.05) is 0 Å². The first-order chi connectivity index (χ1) is 8.65. The lowest BCUT2D eigenvalue weighted by Gasteiger charge is -2.11. The summed E-state index contributed by atoms with van der Waals surface area (Å²) < 4.78 is 28.8. The van der Waals surface area contributed by atoms with Crippen LogP contribution in [0.1, 0.15) is 0 Å². The van der Waals surface area contributed by atoms with E-state index < -0.39 is 6.61 Å². The highest BCUT2D eigenvalue weighted by Crippen LogP contribution is 2.27. The van der Waals surface area contributed by atoms with E-state index in [1.54, 1.807) is 18.2 Å². The highest BCUT2D eigenvalue weighted by atomic mass is 19.3. The number of alkyl halides is 2. The maximum absolute atomic E-state index is 12.2. The number of para-hydroxylation sites is 2. The molecule has 0 aliphatic rings. The predicted molar refractivity (Wildman–Crippen MR) is 62.8 cm³/mol. The summed E-state index contributed by atoms with van der Waals surface area (Å²) in [5.41, 5.74) is 5.83. The lowest BCUT2D eigenvalue weighted by atomic mass is 10.3. The zero-order valence-corrected chi connectivity index (χ0v) is 9.18. The lowest BCUT2D eigenvalue weighted by molar-refractivity contribution is -0.0493. The Morgan fingerprint density at radius 1 is 1.22 bits per heavy atom. The minimum Gasteiger partial charge on any atom is -0.433 e. The van der Waals surface area contributed by atoms with Crippen LogP contribution >= 0.6 is 0 Å². The van der Waals surface area contributed by atoms with Crippen molar-refractivity contribution in [3.63, 3.8) is 0 Å². The molecule has 3 N–H and O–H groups in total. The van der Waals surface area contributed by atoms with Crippen molar-refractivity contribution in [2.75, 3.05) is 11.1 Å². The standard InChI is InChI=1S/C11H10F2N4O/c12-10(13)18-8-4-2-1-3-7(8)16-11-15-6-5-9(14)17-11/h1-6,10H,(H3,14,15,16,17). The molecule has 0 aliphatic carbocycles. The van der Waals surface area contributed by atoms with Crippen LogP contribution < -0.4 is 15.8 Å². The van der Waals surface area contributed by atoms with Crippen LogP contribution in [-0.2, 0) is 0 Å². The summed E-state index contributed by atoms with van der Waals surface area (Å²) in [4.78, 5) is 7.81. The average Bonchev–Trinajstić information content (AvgIpc) is 2.31. The van der Waals surface area contributed by atoms with Crippen molar-refractivity contribution in [3.05, 3.63) is 36.5 Å². The molecule has 0 saturated carbocycles. The minimum atomic E-state index is -2.89. The summed E-state index contributed by atoms with van der Waals surface area (Å²) in [6.45, 7) is -2.89. The molecule has 2 aromatic rings. The summed E-state index contributed by atoms with van der Waals surface area (Å²) in [7, 11) is 0. The summed E-state index contributed by atoms with van der Waals surface area (Å²) in [6.07, 6.45) is 1.46. The van der Waals surface area contributed by atoms with Crippen molar-refractivity contribution in [1.82, 2.24) is 9.97 Å². The summed E-state index contributed by atoms with van der Waals surface area (Å²) in [5, 5.41) is 2.76. The van der Waals surface area contributed by atoms with Crippen molar-refractivity contribution in [3.8, 4) is 5.75 Å². The maximum Gasteiger partial charge on any atom is 0.387 e. The molecule has 18 heavy (non-hydrogen) atoms. The van der Waals surface area contributed by atoms with Crippen LogP contribution in [-0.4, -0.2) is 16.6 Å². The second-order valence-electron chi connectivity index (χ2n) is 3.30. The Bertz CT molecular complexity index is 536. The molecule has 5 nitrogen and oxygen atoms in total. The van der Waals surface area contributed by atoms with Gasteiger partial charge in [0.1, 0.15) is 11.6 Å². The van der Waals surface area contributed by atoms with Gasteiger partial charge in [0.2, 0.25) is 5.95 Å². The number of ether oxygens (including phenoxy) is 1. The normalized spacial score (nSPS) is 10.4. The third kappa shape index (κ3) is 3.03. The van der Waals surface area contributed by atoms with Crippen LogP contribution in [0, 0.1) is 0 Å². The van der Waals surface area contributed by atoms with Gasteiger partial charge in [0, 0.05) is 6.20 Å². The molecule has 0 fully saturated rings. The zero-order valence-electron chi connectivity index (χ0n) is 9.18. The van der Waals surface area contributed by atoms with Crippen molar-refractivity contribution in [1.29, 1.82) is 0 Å². The molecule has 0 saturated heterocycles. The molecule has 1 aromatic heterocycles. The lowest BCUT2D eigenvalue weighted by Crippen LogP contribution is -2.05. The molecule has 1 heterocycles. The van der Waals surface area contributed by atoms with E-state index in [0.29, 0.717) is 5.69 Å². The van der Waals surface area contributed by atoms with E-state index in [-0.39, 0.29) is 17.5 Å². The van der Waals surface area contributed by atoms with E-state index >= 15 is 0 Å². The van der Waals surface area contributed by atoms with Gasteiger partial charge in [-0.1, -0.05) is 12.1 Å². The molecule has 7 heteroatoms. The van der Waals surface area contributed by atoms with Gasteiger partial charge in [-0.15, -0.1) is 0 Å². The van der Waals surface area contributed by atoms with Gasteiger partial charge in [-0.25, -0.2) is 4.98 Å². The quantitative estimate of drug-likeness (QED) is 0.874. The van der Waals surface area contributed by atoms with E-state index in [2.05, 4.69) is 20.0 Å². The Morgan fingerprint density at radius 3 is 2.72 bits per heavy atom. The molecular formula is C11H10F2N4O. The van der Waals surface area contributed by atoms with Gasteiger partial charge < -0.3 is 15.8 Å². The van der Waals surface area contributed by atoms with Crippen molar-refractivity contribution in [2.24, 2.45) is 0 Å². The highest BCUT2D eigenvalue weighted by Gasteiger charge is 2.09. The van der Waals surface area contributed by atoms with Crippen molar-refractivity contribution >= 4 is 17.5 Å². The summed E-state index contributed by atoms with van der Waals surface area (Å²) >= 11 is 0. The fourth-order valence-electron chi connectivity index (χ4n) is 1.32. The smallest absolute Gasteiger partial charge is 0.387 e. The molecule has 0 aliphatic heterocycles. The number of halogens is 2. The summed E-state index contributed by atoms with van der Waals surface area (Å²) in [5.74, 6) is 0.499. The van der Waals surface area contributed by atoms with Crippen LogP contribution in [0.25, 0.3) is 0 Å². The second-order valence-corrected chi connectivity index (χ2v) is 3.30. The van der Waals surface area contributed by atoms with E-state index in [1.165, 1.54) is 18.3 Å². The Kier molecular flexibility index (Phi) is 3.52. The number of anilines is 3. The molecule has 0 amide bonds. The first-order valence-electron chi connectivity index (χ1n) is 5.04. The van der Waals surface area contributed by atoms with Crippen molar-refractivity contribution in [2.45, 2.75) is 6.61 Å². The highest BCUT2D eigenvalue weighted by molar-refractivity contribution is 5.62. The zero-order chi connectivity index (χ0) is 13.0. The van der Waals surface area contributed by atoms with Gasteiger partial charge in [-0.3, -0.25) is 0 Å². The van der Waals surface area contributed by atoms with Gasteiger partial charge in [0.15, 0.2) is 0 Å². The topological polar surface area (TPSA) is 73.1 Å². The molecule has 0 unspecified atom stereocenters. The maximum atomic E-state index is 12.2. The number of nitrogens with zero attached hydrogens (tertiary/aromatic N) is 2. The Labute approximate surface area is 102 Å². The molecular weight excluding hydrogens is 242 g/mol. The molecule has 0 bridgehead atoms. The number of nitrogens with one attached hydrogen (secondary N) is 1. The SMILES string of the molecule is Nc1ccnc(Nc2ccccc2OC(F)F)n1. The largest absolute Gasteiger partial charge is 0.433 e. The van der Waals surface area contributed by atoms with Crippen LogP contribution in [0.4, 0.5) is 26.2 Å². The van der Waals surface area contributed by atoms with E-state index in [9.17, 15) is 8.78 Å². The minimum absolute atomic E-state index is 0.0125. The average molecular weight is 252 g/mol. The first-order valence-corrected chi connectivity index (χ1v) is 5.04. The number of benzene rings is 1. The molecule has 0 spiro atoms. The van der Waals surface area contributed by atoms with Crippen LogP contribution in [0.5, 0.6) is 5.75 Å². The number of rotatable bonds is 4.